The van der Waals surface area contributed by atoms with E-state index >= 15 is 0 Å². The molecule has 1 amide bonds. The lowest BCUT2D eigenvalue weighted by Gasteiger charge is -2.24. The van der Waals surface area contributed by atoms with Gasteiger partial charge in [0.05, 0.1) is 5.56 Å². The van der Waals surface area contributed by atoms with Gasteiger partial charge in [-0.2, -0.15) is 0 Å². The number of pyridine rings is 1. The molecule has 0 radical (unpaired) electrons. The van der Waals surface area contributed by atoms with Crippen molar-refractivity contribution in [2.75, 3.05) is 13.1 Å². The first-order chi connectivity index (χ1) is 10.9. The van der Waals surface area contributed by atoms with Gasteiger partial charge in [0, 0.05) is 25.5 Å². The number of amides is 1. The highest BCUT2D eigenvalue weighted by Gasteiger charge is 2.17. The number of aromatic nitrogens is 2. The van der Waals surface area contributed by atoms with Crippen LogP contribution in [0, 0.1) is 11.8 Å². The summed E-state index contributed by atoms with van der Waals surface area (Å²) in [4.78, 5) is 19.2. The van der Waals surface area contributed by atoms with E-state index in [1.165, 1.54) is 0 Å². The Labute approximate surface area is 147 Å². The van der Waals surface area contributed by atoms with E-state index < -0.39 is 0 Å². The van der Waals surface area contributed by atoms with Crippen LogP contribution >= 0.6 is 15.9 Å². The van der Waals surface area contributed by atoms with E-state index in [4.69, 9.17) is 0 Å². The maximum absolute atomic E-state index is 12.9. The van der Waals surface area contributed by atoms with Crippen molar-refractivity contribution in [2.24, 2.45) is 11.8 Å². The molecule has 0 aliphatic rings. The monoisotopic (exact) mass is 379 g/mol. The predicted molar refractivity (Wildman–Crippen MR) is 97.7 cm³/mol. The van der Waals surface area contributed by atoms with E-state index in [9.17, 15) is 4.79 Å². The zero-order valence-electron chi connectivity index (χ0n) is 14.4. The number of fused-ring (bicyclic) bond motifs is 1. The molecule has 0 bridgehead atoms. The Balaban J connectivity index is 2.18. The van der Waals surface area contributed by atoms with Gasteiger partial charge in [-0.3, -0.25) is 4.79 Å². The van der Waals surface area contributed by atoms with E-state index in [1.807, 2.05) is 33.8 Å². The van der Waals surface area contributed by atoms with Gasteiger partial charge in [0.15, 0.2) is 0 Å². The second-order valence-corrected chi connectivity index (χ2v) is 7.72. The summed E-state index contributed by atoms with van der Waals surface area (Å²) in [6.07, 6.45) is 5.80. The Morgan fingerprint density at radius 2 is 1.74 bits per heavy atom. The molecule has 0 aliphatic carbocycles. The number of imidazole rings is 1. The van der Waals surface area contributed by atoms with Crippen LogP contribution in [0.3, 0.4) is 0 Å². The Morgan fingerprint density at radius 1 is 1.13 bits per heavy atom. The summed E-state index contributed by atoms with van der Waals surface area (Å²) in [5.41, 5.74) is 1.55. The SMILES string of the molecule is CC(C)CCN(CCC(C)C)C(=O)c1ccc2nc(Br)cn2c1. The molecule has 5 heteroatoms. The van der Waals surface area contributed by atoms with Gasteiger partial charge in [-0.05, 0) is 52.7 Å². The molecule has 0 aromatic carbocycles. The van der Waals surface area contributed by atoms with Crippen molar-refractivity contribution in [1.82, 2.24) is 14.3 Å². The van der Waals surface area contributed by atoms with Gasteiger partial charge in [0.1, 0.15) is 10.3 Å². The van der Waals surface area contributed by atoms with Crippen LogP contribution in [0.4, 0.5) is 0 Å². The number of carbonyl (C=O) groups is 1. The second kappa shape index (κ2) is 7.95. The van der Waals surface area contributed by atoms with E-state index in [2.05, 4.69) is 48.6 Å². The first-order valence-corrected chi connectivity index (χ1v) is 9.09. The molecular weight excluding hydrogens is 354 g/mol. The van der Waals surface area contributed by atoms with E-state index in [0.717, 1.165) is 41.7 Å². The van der Waals surface area contributed by atoms with Crippen LogP contribution in [-0.4, -0.2) is 33.3 Å². The molecule has 0 atom stereocenters. The number of halogens is 1. The molecule has 2 aromatic rings. The van der Waals surface area contributed by atoms with Crippen molar-refractivity contribution in [3.8, 4) is 0 Å². The summed E-state index contributed by atoms with van der Waals surface area (Å²) in [7, 11) is 0. The molecular formula is C18H26BrN3O. The second-order valence-electron chi connectivity index (χ2n) is 6.90. The van der Waals surface area contributed by atoms with Crippen LogP contribution in [-0.2, 0) is 0 Å². The van der Waals surface area contributed by atoms with Crippen LogP contribution in [0.1, 0.15) is 50.9 Å². The summed E-state index contributed by atoms with van der Waals surface area (Å²) < 4.78 is 2.67. The average Bonchev–Trinajstić information content (AvgIpc) is 2.85. The molecule has 0 saturated heterocycles. The highest BCUT2D eigenvalue weighted by atomic mass is 79.9. The first-order valence-electron chi connectivity index (χ1n) is 8.30. The van der Waals surface area contributed by atoms with Crippen LogP contribution in [0.25, 0.3) is 5.65 Å². The zero-order valence-corrected chi connectivity index (χ0v) is 16.0. The minimum atomic E-state index is 0.109. The van der Waals surface area contributed by atoms with Gasteiger partial charge in [-0.25, -0.2) is 4.98 Å². The zero-order chi connectivity index (χ0) is 17.0. The Hall–Kier alpha value is -1.36. The Kier molecular flexibility index (Phi) is 6.22. The molecule has 126 valence electrons. The number of rotatable bonds is 7. The van der Waals surface area contributed by atoms with Gasteiger partial charge in [0.25, 0.3) is 5.91 Å². The van der Waals surface area contributed by atoms with Gasteiger partial charge in [0.2, 0.25) is 0 Å². The van der Waals surface area contributed by atoms with Crippen molar-refractivity contribution in [2.45, 2.75) is 40.5 Å². The minimum absolute atomic E-state index is 0.109. The lowest BCUT2D eigenvalue weighted by molar-refractivity contribution is 0.0740. The predicted octanol–water partition coefficient (Wildman–Crippen LogP) is 4.63. The lowest BCUT2D eigenvalue weighted by Crippen LogP contribution is -2.34. The lowest BCUT2D eigenvalue weighted by atomic mass is 10.1. The summed E-state index contributed by atoms with van der Waals surface area (Å²) in [5.74, 6) is 1.30. The highest BCUT2D eigenvalue weighted by molar-refractivity contribution is 9.10. The maximum atomic E-state index is 12.9. The fourth-order valence-corrected chi connectivity index (χ4v) is 2.82. The molecule has 2 rings (SSSR count). The quantitative estimate of drug-likeness (QED) is 0.702. The summed E-state index contributed by atoms with van der Waals surface area (Å²) in [6, 6.07) is 3.76. The number of nitrogens with zero attached hydrogens (tertiary/aromatic N) is 3. The molecule has 2 heterocycles. The van der Waals surface area contributed by atoms with Crippen molar-refractivity contribution in [1.29, 1.82) is 0 Å². The third-order valence-corrected chi connectivity index (χ3v) is 4.29. The van der Waals surface area contributed by atoms with Gasteiger partial charge in [-0.1, -0.05) is 27.7 Å². The highest BCUT2D eigenvalue weighted by Crippen LogP contribution is 2.15. The van der Waals surface area contributed by atoms with Crippen molar-refractivity contribution in [3.05, 3.63) is 34.7 Å². The number of hydrogen-bond acceptors (Lipinski definition) is 2. The molecule has 0 N–H and O–H groups in total. The van der Waals surface area contributed by atoms with Gasteiger partial charge >= 0.3 is 0 Å². The minimum Gasteiger partial charge on any atom is -0.339 e. The normalized spacial score (nSPS) is 11.6. The first kappa shape index (κ1) is 18.0. The van der Waals surface area contributed by atoms with Crippen molar-refractivity contribution < 1.29 is 4.79 Å². The van der Waals surface area contributed by atoms with Gasteiger partial charge in [-0.15, -0.1) is 0 Å². The third kappa shape index (κ3) is 5.06. The molecule has 0 fully saturated rings. The number of hydrogen-bond donors (Lipinski definition) is 0. The standard InChI is InChI=1S/C18H26BrN3O/c1-13(2)7-9-21(10-8-14(3)4)18(23)15-5-6-17-20-16(19)12-22(17)11-15/h5-6,11-14H,7-10H2,1-4H3. The fraction of sp³-hybridized carbons (Fsp3) is 0.556. The third-order valence-electron chi connectivity index (χ3n) is 3.91. The molecule has 0 spiro atoms. The number of carbonyl (C=O) groups excluding carboxylic acids is 1. The Bertz CT molecular complexity index is 651. The smallest absolute Gasteiger partial charge is 0.255 e. The van der Waals surface area contributed by atoms with Crippen molar-refractivity contribution >= 4 is 27.5 Å². The Morgan fingerprint density at radius 3 is 2.30 bits per heavy atom. The largest absolute Gasteiger partial charge is 0.339 e. The topological polar surface area (TPSA) is 37.6 Å². The molecule has 23 heavy (non-hydrogen) atoms. The molecule has 4 nitrogen and oxygen atoms in total. The van der Waals surface area contributed by atoms with Crippen LogP contribution < -0.4 is 0 Å². The average molecular weight is 380 g/mol. The fourth-order valence-electron chi connectivity index (χ4n) is 2.41. The summed E-state index contributed by atoms with van der Waals surface area (Å²) >= 11 is 3.37. The van der Waals surface area contributed by atoms with Crippen LogP contribution in [0.15, 0.2) is 29.1 Å². The molecule has 0 aliphatic heterocycles. The van der Waals surface area contributed by atoms with E-state index in [1.54, 1.807) is 0 Å². The molecule has 0 saturated carbocycles. The van der Waals surface area contributed by atoms with Crippen LogP contribution in [0.5, 0.6) is 0 Å². The summed E-state index contributed by atoms with van der Waals surface area (Å²) in [5, 5.41) is 0. The molecule has 0 unspecified atom stereocenters. The van der Waals surface area contributed by atoms with Crippen LogP contribution in [0.2, 0.25) is 0 Å². The van der Waals surface area contributed by atoms with Gasteiger partial charge < -0.3 is 9.30 Å². The maximum Gasteiger partial charge on any atom is 0.255 e. The van der Waals surface area contributed by atoms with E-state index in [0.29, 0.717) is 11.8 Å². The summed E-state index contributed by atoms with van der Waals surface area (Å²) in [6.45, 7) is 10.4. The van der Waals surface area contributed by atoms with E-state index in [-0.39, 0.29) is 5.91 Å². The van der Waals surface area contributed by atoms with Crippen molar-refractivity contribution in [3.63, 3.8) is 0 Å². The molecule has 2 aromatic heterocycles.